The minimum Gasteiger partial charge on any atom is -0.354 e. The van der Waals surface area contributed by atoms with Crippen molar-refractivity contribution in [3.05, 3.63) is 87.2 Å². The number of nitrogens with zero attached hydrogens (tertiary/aromatic N) is 5. The van der Waals surface area contributed by atoms with Crippen LogP contribution in [-0.4, -0.2) is 40.3 Å². The summed E-state index contributed by atoms with van der Waals surface area (Å²) in [7, 11) is 1.52. The van der Waals surface area contributed by atoms with Crippen molar-refractivity contribution in [2.24, 2.45) is 7.05 Å². The van der Waals surface area contributed by atoms with Crippen LogP contribution in [0.2, 0.25) is 0 Å². The summed E-state index contributed by atoms with van der Waals surface area (Å²) in [6, 6.07) is 17.3. The molecule has 3 heterocycles. The summed E-state index contributed by atoms with van der Waals surface area (Å²) in [5.74, 6) is 1.63. The van der Waals surface area contributed by atoms with Crippen LogP contribution in [0.1, 0.15) is 5.56 Å². The Bertz CT molecular complexity index is 1050. The van der Waals surface area contributed by atoms with E-state index < -0.39 is 0 Å². The first-order valence-corrected chi connectivity index (χ1v) is 9.39. The van der Waals surface area contributed by atoms with E-state index in [1.165, 1.54) is 7.05 Å². The SMILES string of the molecule is Cn1c(=O)cc(N2CCN(c3ccccn3)CC2)n(Cc2ccccc2)c1=O. The van der Waals surface area contributed by atoms with E-state index >= 15 is 0 Å². The molecular weight excluding hydrogens is 354 g/mol. The lowest BCUT2D eigenvalue weighted by atomic mass is 10.2. The van der Waals surface area contributed by atoms with Crippen molar-refractivity contribution in [3.63, 3.8) is 0 Å². The van der Waals surface area contributed by atoms with Crippen LogP contribution in [0.4, 0.5) is 11.6 Å². The molecule has 1 aliphatic rings. The van der Waals surface area contributed by atoms with Gasteiger partial charge in [0, 0.05) is 45.5 Å². The quantitative estimate of drug-likeness (QED) is 0.686. The molecular formula is C21H23N5O2. The Morgan fingerprint density at radius 2 is 1.57 bits per heavy atom. The number of anilines is 2. The second kappa shape index (κ2) is 7.72. The Morgan fingerprint density at radius 3 is 2.25 bits per heavy atom. The molecule has 2 aromatic heterocycles. The molecule has 0 amide bonds. The van der Waals surface area contributed by atoms with Crippen LogP contribution in [0.3, 0.4) is 0 Å². The molecule has 1 aliphatic heterocycles. The summed E-state index contributed by atoms with van der Waals surface area (Å²) in [6.45, 7) is 3.44. The normalized spacial score (nSPS) is 14.3. The van der Waals surface area contributed by atoms with E-state index in [1.54, 1.807) is 16.8 Å². The van der Waals surface area contributed by atoms with Crippen molar-refractivity contribution in [1.29, 1.82) is 0 Å². The molecule has 0 saturated carbocycles. The predicted octanol–water partition coefficient (Wildman–Crippen LogP) is 1.32. The average Bonchev–Trinajstić information content (AvgIpc) is 2.75. The highest BCUT2D eigenvalue weighted by Crippen LogP contribution is 2.18. The summed E-state index contributed by atoms with van der Waals surface area (Å²) in [5.41, 5.74) is 0.451. The summed E-state index contributed by atoms with van der Waals surface area (Å²) in [5, 5.41) is 0. The Balaban J connectivity index is 1.62. The van der Waals surface area contributed by atoms with Gasteiger partial charge in [0.2, 0.25) is 0 Å². The van der Waals surface area contributed by atoms with Crippen molar-refractivity contribution in [1.82, 2.24) is 14.1 Å². The van der Waals surface area contributed by atoms with Gasteiger partial charge in [-0.15, -0.1) is 0 Å². The molecule has 1 fully saturated rings. The minimum absolute atomic E-state index is 0.281. The molecule has 0 radical (unpaired) electrons. The maximum atomic E-state index is 12.8. The van der Waals surface area contributed by atoms with Gasteiger partial charge in [0.25, 0.3) is 5.56 Å². The highest BCUT2D eigenvalue weighted by molar-refractivity contribution is 5.45. The second-order valence-corrected chi connectivity index (χ2v) is 6.92. The van der Waals surface area contributed by atoms with Crippen molar-refractivity contribution >= 4 is 11.6 Å². The molecule has 1 aromatic carbocycles. The third kappa shape index (κ3) is 3.55. The standard InChI is InChI=1S/C21H23N5O2/c1-23-20(27)15-19(26(21(23)28)16-17-7-3-2-4-8-17)25-13-11-24(12-14-25)18-9-5-6-10-22-18/h2-10,15H,11-14,16H2,1H3. The third-order valence-corrected chi connectivity index (χ3v) is 5.14. The molecule has 0 aliphatic carbocycles. The Kier molecular flexibility index (Phi) is 4.97. The molecule has 3 aromatic rings. The van der Waals surface area contributed by atoms with Crippen LogP contribution in [0.15, 0.2) is 70.4 Å². The smallest absolute Gasteiger partial charge is 0.332 e. The van der Waals surface area contributed by atoms with Gasteiger partial charge in [-0.25, -0.2) is 9.78 Å². The number of piperazine rings is 1. The molecule has 7 nitrogen and oxygen atoms in total. The van der Waals surface area contributed by atoms with E-state index in [-0.39, 0.29) is 11.2 Å². The highest BCUT2D eigenvalue weighted by Gasteiger charge is 2.22. The van der Waals surface area contributed by atoms with Crippen molar-refractivity contribution in [2.45, 2.75) is 6.54 Å². The second-order valence-electron chi connectivity index (χ2n) is 6.92. The number of hydrogen-bond acceptors (Lipinski definition) is 5. The van der Waals surface area contributed by atoms with Gasteiger partial charge in [-0.3, -0.25) is 13.9 Å². The summed E-state index contributed by atoms with van der Waals surface area (Å²) in [4.78, 5) is 33.9. The molecule has 0 atom stereocenters. The lowest BCUT2D eigenvalue weighted by Crippen LogP contribution is -2.50. The van der Waals surface area contributed by atoms with Crippen molar-refractivity contribution in [2.75, 3.05) is 36.0 Å². The fourth-order valence-electron chi connectivity index (χ4n) is 3.54. The average molecular weight is 377 g/mol. The first-order chi connectivity index (χ1) is 13.6. The fraction of sp³-hybridized carbons (Fsp3) is 0.286. The number of rotatable bonds is 4. The predicted molar refractivity (Wildman–Crippen MR) is 110 cm³/mol. The molecule has 7 heteroatoms. The minimum atomic E-state index is -0.293. The van der Waals surface area contributed by atoms with Crippen LogP contribution < -0.4 is 21.0 Å². The number of aromatic nitrogens is 3. The monoisotopic (exact) mass is 377 g/mol. The molecule has 4 rings (SSSR count). The summed E-state index contributed by atoms with van der Waals surface area (Å²) < 4.78 is 2.85. The zero-order valence-electron chi connectivity index (χ0n) is 15.9. The van der Waals surface area contributed by atoms with Crippen molar-refractivity contribution in [3.8, 4) is 0 Å². The van der Waals surface area contributed by atoms with Gasteiger partial charge in [0.1, 0.15) is 11.6 Å². The number of hydrogen-bond donors (Lipinski definition) is 0. The van der Waals surface area contributed by atoms with Gasteiger partial charge in [-0.2, -0.15) is 0 Å². The fourth-order valence-corrected chi connectivity index (χ4v) is 3.54. The van der Waals surface area contributed by atoms with Gasteiger partial charge < -0.3 is 9.80 Å². The zero-order valence-corrected chi connectivity index (χ0v) is 15.9. The van der Waals surface area contributed by atoms with Gasteiger partial charge in [-0.1, -0.05) is 36.4 Å². The van der Waals surface area contributed by atoms with Crippen molar-refractivity contribution < 1.29 is 0 Å². The van der Waals surface area contributed by atoms with E-state index in [0.29, 0.717) is 12.4 Å². The van der Waals surface area contributed by atoms with E-state index in [4.69, 9.17) is 0 Å². The molecule has 1 saturated heterocycles. The molecule has 0 unspecified atom stereocenters. The number of benzene rings is 1. The molecule has 28 heavy (non-hydrogen) atoms. The van der Waals surface area contributed by atoms with Gasteiger partial charge in [0.05, 0.1) is 6.54 Å². The highest BCUT2D eigenvalue weighted by atomic mass is 16.2. The molecule has 0 spiro atoms. The first-order valence-electron chi connectivity index (χ1n) is 9.39. The van der Waals surface area contributed by atoms with E-state index in [1.807, 2.05) is 48.5 Å². The molecule has 0 N–H and O–H groups in total. The Morgan fingerprint density at radius 1 is 0.893 bits per heavy atom. The van der Waals surface area contributed by atoms with Crippen LogP contribution in [0.5, 0.6) is 0 Å². The van der Waals surface area contributed by atoms with Crippen LogP contribution in [0.25, 0.3) is 0 Å². The van der Waals surface area contributed by atoms with E-state index in [2.05, 4.69) is 14.8 Å². The van der Waals surface area contributed by atoms with Crippen LogP contribution in [-0.2, 0) is 13.6 Å². The van der Waals surface area contributed by atoms with Crippen LogP contribution in [0, 0.1) is 0 Å². The largest absolute Gasteiger partial charge is 0.354 e. The summed E-state index contributed by atoms with van der Waals surface area (Å²) >= 11 is 0. The topological polar surface area (TPSA) is 63.4 Å². The number of pyridine rings is 1. The van der Waals surface area contributed by atoms with E-state index in [9.17, 15) is 9.59 Å². The van der Waals surface area contributed by atoms with Gasteiger partial charge in [-0.05, 0) is 17.7 Å². The van der Waals surface area contributed by atoms with Gasteiger partial charge >= 0.3 is 5.69 Å². The Hall–Kier alpha value is -3.35. The Labute approximate surface area is 163 Å². The third-order valence-electron chi connectivity index (χ3n) is 5.14. The summed E-state index contributed by atoms with van der Waals surface area (Å²) in [6.07, 6.45) is 1.79. The van der Waals surface area contributed by atoms with Gasteiger partial charge in [0.15, 0.2) is 0 Å². The van der Waals surface area contributed by atoms with E-state index in [0.717, 1.165) is 42.1 Å². The van der Waals surface area contributed by atoms with Crippen LogP contribution >= 0.6 is 0 Å². The molecule has 144 valence electrons. The maximum absolute atomic E-state index is 12.8. The zero-order chi connectivity index (χ0) is 19.5. The maximum Gasteiger partial charge on any atom is 0.332 e. The molecule has 0 bridgehead atoms. The lowest BCUT2D eigenvalue weighted by Gasteiger charge is -2.37. The lowest BCUT2D eigenvalue weighted by molar-refractivity contribution is 0.590. The first kappa shape index (κ1) is 18.0.